The zero-order valence-corrected chi connectivity index (χ0v) is 24.9. The number of nitrogens with one attached hydrogen (secondary N) is 1. The quantitative estimate of drug-likeness (QED) is 0.254. The van der Waals surface area contributed by atoms with Crippen molar-refractivity contribution in [2.45, 2.75) is 69.2 Å². The molecule has 2 aromatic heterocycles. The number of imidazole rings is 1. The molecular weight excluding hydrogens is 552 g/mol. The number of H-pyrrole nitrogens is 1. The van der Waals surface area contributed by atoms with Crippen LogP contribution in [-0.4, -0.2) is 96.7 Å². The fourth-order valence-electron chi connectivity index (χ4n) is 5.47. The number of hydrogen-bond donors (Lipinski definition) is 3. The van der Waals surface area contributed by atoms with Crippen molar-refractivity contribution in [2.75, 3.05) is 37.8 Å². The van der Waals surface area contributed by atoms with Gasteiger partial charge in [-0.2, -0.15) is 4.98 Å². The van der Waals surface area contributed by atoms with Crippen LogP contribution in [-0.2, 0) is 20.8 Å². The maximum Gasteiger partial charge on any atom is 0.296 e. The SMILES string of the molecule is C[Si](C)(C)CCOCc1c(Cl)c(-c2ccc(N3CC[C@H](O)C3)cc2)nc2nc(O[C@@H]3CO[C@H]4[C@@H]3OC[C@H]4O)[nH]c12. The molecule has 0 radical (unpaired) electrons. The topological polar surface area (TPSA) is 122 Å². The number of anilines is 1. The molecule has 0 saturated carbocycles. The Hall–Kier alpha value is -2.25. The molecule has 40 heavy (non-hydrogen) atoms. The van der Waals surface area contributed by atoms with E-state index >= 15 is 0 Å². The van der Waals surface area contributed by atoms with Gasteiger partial charge in [-0.05, 0) is 24.6 Å². The van der Waals surface area contributed by atoms with Gasteiger partial charge >= 0.3 is 0 Å². The highest BCUT2D eigenvalue weighted by atomic mass is 35.5. The summed E-state index contributed by atoms with van der Waals surface area (Å²) in [7, 11) is -1.25. The highest BCUT2D eigenvalue weighted by molar-refractivity contribution is 6.76. The van der Waals surface area contributed by atoms with E-state index in [0.717, 1.165) is 35.8 Å². The van der Waals surface area contributed by atoms with Crippen molar-refractivity contribution in [1.82, 2.24) is 15.0 Å². The minimum atomic E-state index is -1.25. The maximum absolute atomic E-state index is 10.1. The number of aliphatic hydroxyl groups is 2. The number of aromatic nitrogens is 3. The van der Waals surface area contributed by atoms with Crippen molar-refractivity contribution in [3.63, 3.8) is 0 Å². The number of aromatic amines is 1. The summed E-state index contributed by atoms with van der Waals surface area (Å²) in [5.74, 6) is 0. The van der Waals surface area contributed by atoms with E-state index in [2.05, 4.69) is 34.5 Å². The number of benzene rings is 1. The van der Waals surface area contributed by atoms with E-state index in [9.17, 15) is 10.2 Å². The van der Waals surface area contributed by atoms with Gasteiger partial charge in [-0.15, -0.1) is 0 Å². The van der Waals surface area contributed by atoms with E-state index in [-0.39, 0.29) is 18.8 Å². The Morgan fingerprint density at radius 3 is 2.60 bits per heavy atom. The molecule has 10 nitrogen and oxygen atoms in total. The van der Waals surface area contributed by atoms with Gasteiger partial charge in [0.25, 0.3) is 6.01 Å². The summed E-state index contributed by atoms with van der Waals surface area (Å²) < 4.78 is 23.7. The van der Waals surface area contributed by atoms with Crippen molar-refractivity contribution in [1.29, 1.82) is 0 Å². The lowest BCUT2D eigenvalue weighted by Crippen LogP contribution is -2.34. The molecule has 3 aromatic rings. The molecule has 3 aliphatic heterocycles. The fraction of sp³-hybridized carbons (Fsp3) is 0.571. The van der Waals surface area contributed by atoms with Gasteiger partial charge in [0.2, 0.25) is 0 Å². The second kappa shape index (κ2) is 11.2. The first-order valence-electron chi connectivity index (χ1n) is 13.9. The molecule has 0 bridgehead atoms. The van der Waals surface area contributed by atoms with Crippen LogP contribution in [0.2, 0.25) is 30.7 Å². The average Bonchev–Trinajstić information content (AvgIpc) is 3.69. The number of halogens is 1. The Balaban J connectivity index is 1.29. The molecule has 0 amide bonds. The van der Waals surface area contributed by atoms with Crippen LogP contribution >= 0.6 is 11.6 Å². The molecule has 12 heteroatoms. The van der Waals surface area contributed by atoms with Crippen LogP contribution in [0.25, 0.3) is 22.4 Å². The summed E-state index contributed by atoms with van der Waals surface area (Å²) in [6.45, 7) is 9.93. The second-order valence-electron chi connectivity index (χ2n) is 12.1. The first-order valence-corrected chi connectivity index (χ1v) is 18.0. The van der Waals surface area contributed by atoms with Gasteiger partial charge in [0.05, 0.1) is 42.2 Å². The predicted octanol–water partition coefficient (Wildman–Crippen LogP) is 3.61. The Bertz CT molecular complexity index is 1350. The molecule has 3 N–H and O–H groups in total. The van der Waals surface area contributed by atoms with Crippen LogP contribution in [0.5, 0.6) is 6.01 Å². The Morgan fingerprint density at radius 1 is 1.10 bits per heavy atom. The Morgan fingerprint density at radius 2 is 1.88 bits per heavy atom. The molecule has 3 aliphatic rings. The van der Waals surface area contributed by atoms with E-state index < -0.39 is 26.4 Å². The largest absolute Gasteiger partial charge is 0.456 e. The Labute approximate surface area is 239 Å². The highest BCUT2D eigenvalue weighted by Crippen LogP contribution is 2.36. The van der Waals surface area contributed by atoms with Gasteiger partial charge in [0, 0.05) is 44.6 Å². The number of pyridine rings is 1. The van der Waals surface area contributed by atoms with Crippen LogP contribution < -0.4 is 9.64 Å². The monoisotopic (exact) mass is 588 g/mol. The van der Waals surface area contributed by atoms with Gasteiger partial charge in [-0.1, -0.05) is 43.4 Å². The number of β-amino-alcohol motifs (C(OH)–C–C–N with tert-alkyl or cyclic N) is 1. The lowest BCUT2D eigenvalue weighted by Gasteiger charge is -2.18. The minimum Gasteiger partial charge on any atom is -0.456 e. The fourth-order valence-corrected chi connectivity index (χ4v) is 6.53. The second-order valence-corrected chi connectivity index (χ2v) is 18.1. The van der Waals surface area contributed by atoms with Crippen molar-refractivity contribution >= 4 is 36.5 Å². The van der Waals surface area contributed by atoms with Crippen molar-refractivity contribution in [2.24, 2.45) is 0 Å². The molecule has 5 heterocycles. The molecular formula is C28H37ClN4O6Si. The number of hydrogen-bond acceptors (Lipinski definition) is 9. The molecule has 3 saturated heterocycles. The third-order valence-corrected chi connectivity index (χ3v) is 9.92. The molecule has 216 valence electrons. The summed E-state index contributed by atoms with van der Waals surface area (Å²) in [5, 5.41) is 20.5. The van der Waals surface area contributed by atoms with Gasteiger partial charge < -0.3 is 39.0 Å². The Kier molecular flexibility index (Phi) is 7.81. The van der Waals surface area contributed by atoms with E-state index in [4.69, 9.17) is 35.5 Å². The number of aliphatic hydroxyl groups excluding tert-OH is 2. The number of rotatable bonds is 9. The smallest absolute Gasteiger partial charge is 0.296 e. The van der Waals surface area contributed by atoms with Crippen LogP contribution in [0.1, 0.15) is 12.0 Å². The van der Waals surface area contributed by atoms with E-state index in [1.807, 2.05) is 24.3 Å². The number of ether oxygens (including phenoxy) is 4. The third kappa shape index (κ3) is 5.74. The van der Waals surface area contributed by atoms with Crippen LogP contribution in [0, 0.1) is 0 Å². The molecule has 1 aromatic carbocycles. The molecule has 0 unspecified atom stereocenters. The standard InChI is InChI=1S/C28H37ClN4O6Si/c1-40(2,3)11-10-36-13-19-22(29)23(16-4-6-17(7-5-16)33-9-8-18(34)12-33)30-27-24(19)31-28(32-27)39-21-15-38-25-20(35)14-37-26(21)25/h4-7,18,20-21,25-26,34-35H,8-15H2,1-3H3,(H,30,31,32)/t18-,20+,21+,25+,26+/m0/s1. The van der Waals surface area contributed by atoms with Crippen LogP contribution in [0.15, 0.2) is 24.3 Å². The minimum absolute atomic E-state index is 0.228. The lowest BCUT2D eigenvalue weighted by molar-refractivity contribution is 0.00705. The van der Waals surface area contributed by atoms with Crippen molar-refractivity contribution in [3.8, 4) is 17.3 Å². The number of nitrogens with zero attached hydrogens (tertiary/aromatic N) is 3. The average molecular weight is 589 g/mol. The molecule has 6 rings (SSSR count). The van der Waals surface area contributed by atoms with Gasteiger partial charge in [0.15, 0.2) is 11.8 Å². The zero-order valence-electron chi connectivity index (χ0n) is 23.1. The third-order valence-electron chi connectivity index (χ3n) is 7.81. The molecule has 0 aliphatic carbocycles. The van der Waals surface area contributed by atoms with Crippen molar-refractivity contribution < 1.29 is 29.2 Å². The summed E-state index contributed by atoms with van der Waals surface area (Å²) in [4.78, 5) is 14.9. The van der Waals surface area contributed by atoms with Crippen LogP contribution in [0.3, 0.4) is 0 Å². The summed E-state index contributed by atoms with van der Waals surface area (Å²) >= 11 is 7.01. The number of fused-ring (bicyclic) bond motifs is 2. The molecule has 0 spiro atoms. The maximum atomic E-state index is 10.1. The summed E-state index contributed by atoms with van der Waals surface area (Å²) in [6.07, 6.45) is -1.31. The van der Waals surface area contributed by atoms with E-state index in [1.54, 1.807) is 0 Å². The lowest BCUT2D eigenvalue weighted by atomic mass is 10.1. The van der Waals surface area contributed by atoms with E-state index in [1.165, 1.54) is 0 Å². The molecule has 3 fully saturated rings. The van der Waals surface area contributed by atoms with Gasteiger partial charge in [-0.25, -0.2) is 4.98 Å². The zero-order chi connectivity index (χ0) is 28.0. The van der Waals surface area contributed by atoms with E-state index in [0.29, 0.717) is 54.3 Å². The highest BCUT2D eigenvalue weighted by Gasteiger charge is 2.48. The predicted molar refractivity (Wildman–Crippen MR) is 155 cm³/mol. The normalized spacial score (nSPS) is 26.6. The van der Waals surface area contributed by atoms with Gasteiger partial charge in [0.1, 0.15) is 18.3 Å². The van der Waals surface area contributed by atoms with Crippen LogP contribution in [0.4, 0.5) is 5.69 Å². The first-order chi connectivity index (χ1) is 19.2. The van der Waals surface area contributed by atoms with Crippen molar-refractivity contribution in [3.05, 3.63) is 34.9 Å². The molecule has 5 atom stereocenters. The summed E-state index contributed by atoms with van der Waals surface area (Å²) in [6, 6.07) is 9.40. The van der Waals surface area contributed by atoms with Gasteiger partial charge in [-0.3, -0.25) is 0 Å². The summed E-state index contributed by atoms with van der Waals surface area (Å²) in [5.41, 5.74) is 4.47. The first kappa shape index (κ1) is 27.9.